The molecule has 10 nitrogen and oxygen atoms in total. The van der Waals surface area contributed by atoms with Crippen molar-refractivity contribution in [2.45, 2.75) is 6.42 Å². The lowest BCUT2D eigenvalue weighted by molar-refractivity contribution is -0.139. The lowest BCUT2D eigenvalue weighted by Crippen LogP contribution is -2.38. The summed E-state index contributed by atoms with van der Waals surface area (Å²) in [5.74, 6) is -0.457. The molecule has 0 aliphatic carbocycles. The van der Waals surface area contributed by atoms with Gasteiger partial charge in [0.15, 0.2) is 18.1 Å². The zero-order chi connectivity index (χ0) is 27.3. The van der Waals surface area contributed by atoms with E-state index in [1.54, 1.807) is 74.9 Å². The molecule has 38 heavy (non-hydrogen) atoms. The van der Waals surface area contributed by atoms with Gasteiger partial charge in [0.2, 0.25) is 0 Å². The predicted molar refractivity (Wildman–Crippen MR) is 144 cm³/mol. The Morgan fingerprint density at radius 2 is 1.71 bits per heavy atom. The Morgan fingerprint density at radius 3 is 2.47 bits per heavy atom. The van der Waals surface area contributed by atoms with Crippen LogP contribution in [0.2, 0.25) is 5.02 Å². The topological polar surface area (TPSA) is 127 Å². The highest BCUT2D eigenvalue weighted by Crippen LogP contribution is 2.27. The summed E-state index contributed by atoms with van der Waals surface area (Å²) in [4.78, 5) is 36.2. The fourth-order valence-electron chi connectivity index (χ4n) is 3.25. The molecule has 3 rings (SSSR count). The summed E-state index contributed by atoms with van der Waals surface area (Å²) < 4.78 is 16.0. The number of anilines is 1. The number of hydrogen-bond acceptors (Lipinski definition) is 7. The molecular weight excluding hydrogens is 512 g/mol. The van der Waals surface area contributed by atoms with Gasteiger partial charge in [0, 0.05) is 17.3 Å². The van der Waals surface area contributed by atoms with Crippen molar-refractivity contribution in [2.24, 2.45) is 5.10 Å². The van der Waals surface area contributed by atoms with Gasteiger partial charge in [0.25, 0.3) is 5.91 Å². The van der Waals surface area contributed by atoms with Crippen LogP contribution in [0.1, 0.15) is 11.1 Å². The average molecular weight is 539 g/mol. The van der Waals surface area contributed by atoms with Crippen molar-refractivity contribution in [2.75, 3.05) is 32.7 Å². The molecular formula is C27H27ClN4O6. The first-order valence-corrected chi connectivity index (χ1v) is 11.9. The molecule has 0 bridgehead atoms. The molecule has 0 aromatic heterocycles. The number of rotatable bonds is 11. The molecule has 0 fully saturated rings. The Labute approximate surface area is 224 Å². The van der Waals surface area contributed by atoms with Crippen molar-refractivity contribution in [1.82, 2.24) is 10.7 Å². The molecule has 0 spiro atoms. The van der Waals surface area contributed by atoms with Crippen LogP contribution in [-0.2, 0) is 20.8 Å². The molecule has 0 unspecified atom stereocenters. The molecule has 0 aliphatic heterocycles. The van der Waals surface area contributed by atoms with E-state index in [2.05, 4.69) is 21.2 Å². The molecule has 3 aromatic carbocycles. The van der Waals surface area contributed by atoms with Gasteiger partial charge in [0.1, 0.15) is 5.75 Å². The summed E-state index contributed by atoms with van der Waals surface area (Å²) in [7, 11) is 3.09. The number of nitrogens with one attached hydrogen (secondary N) is 3. The Kier molecular flexibility index (Phi) is 10.5. The normalized spacial score (nSPS) is 10.5. The van der Waals surface area contributed by atoms with Crippen LogP contribution in [0.25, 0.3) is 0 Å². The highest BCUT2D eigenvalue weighted by molar-refractivity contribution is 6.35. The average Bonchev–Trinajstić information content (AvgIpc) is 2.92. The predicted octanol–water partition coefficient (Wildman–Crippen LogP) is 3.18. The van der Waals surface area contributed by atoms with E-state index in [1.807, 2.05) is 6.07 Å². The summed E-state index contributed by atoms with van der Waals surface area (Å²) >= 11 is 5.91. The summed E-state index contributed by atoms with van der Waals surface area (Å²) in [6.45, 7) is 0.0308. The molecule has 0 heterocycles. The van der Waals surface area contributed by atoms with E-state index < -0.39 is 11.8 Å². The lowest BCUT2D eigenvalue weighted by Gasteiger charge is -2.10. The van der Waals surface area contributed by atoms with Gasteiger partial charge in [-0.05, 0) is 60.0 Å². The van der Waals surface area contributed by atoms with Gasteiger partial charge in [-0.3, -0.25) is 14.4 Å². The lowest BCUT2D eigenvalue weighted by atomic mass is 10.1. The highest BCUT2D eigenvalue weighted by atomic mass is 35.5. The van der Waals surface area contributed by atoms with E-state index in [4.69, 9.17) is 25.8 Å². The second-order valence-corrected chi connectivity index (χ2v) is 8.25. The third-order valence-electron chi connectivity index (χ3n) is 5.07. The van der Waals surface area contributed by atoms with Gasteiger partial charge in [-0.15, -0.1) is 0 Å². The number of nitrogens with zero attached hydrogens (tertiary/aromatic N) is 1. The standard InChI is InChI=1S/C27H27ClN4O6/c1-36-23-10-9-18(14-24(23)37-2)11-12-29-26(34)27(35)32-30-16-19-5-3-8-22(13-19)38-17-25(33)31-21-7-4-6-20(28)15-21/h3-10,13-16H,11-12,17H2,1-2H3,(H,29,34)(H,31,33)(H,32,35)/b30-16-. The number of amides is 3. The largest absolute Gasteiger partial charge is 0.493 e. The Bertz CT molecular complexity index is 1310. The van der Waals surface area contributed by atoms with Crippen molar-refractivity contribution < 1.29 is 28.6 Å². The van der Waals surface area contributed by atoms with E-state index in [0.717, 1.165) is 5.56 Å². The molecule has 0 radical (unpaired) electrons. The SMILES string of the molecule is COc1ccc(CCNC(=O)C(=O)N/N=C\c2cccc(OCC(=O)Nc3cccc(Cl)c3)c2)cc1OC. The molecule has 0 atom stereocenters. The first-order chi connectivity index (χ1) is 18.4. The first-order valence-electron chi connectivity index (χ1n) is 11.5. The maximum Gasteiger partial charge on any atom is 0.329 e. The Balaban J connectivity index is 1.41. The monoisotopic (exact) mass is 538 g/mol. The number of benzene rings is 3. The molecule has 0 saturated carbocycles. The van der Waals surface area contributed by atoms with Crippen molar-refractivity contribution in [3.8, 4) is 17.2 Å². The van der Waals surface area contributed by atoms with Crippen LogP contribution < -0.4 is 30.3 Å². The van der Waals surface area contributed by atoms with Crippen LogP contribution in [0.4, 0.5) is 5.69 Å². The molecule has 0 aliphatic rings. The molecule has 0 saturated heterocycles. The van der Waals surface area contributed by atoms with Crippen molar-refractivity contribution >= 4 is 41.2 Å². The smallest absolute Gasteiger partial charge is 0.329 e. The molecule has 3 N–H and O–H groups in total. The molecule has 198 valence electrons. The summed E-state index contributed by atoms with van der Waals surface area (Å²) in [5, 5.41) is 9.55. The number of methoxy groups -OCH3 is 2. The van der Waals surface area contributed by atoms with Crippen LogP contribution in [0.3, 0.4) is 0 Å². The number of carbonyl (C=O) groups is 3. The molecule has 11 heteroatoms. The van der Waals surface area contributed by atoms with Crippen LogP contribution in [-0.4, -0.2) is 51.3 Å². The van der Waals surface area contributed by atoms with Crippen LogP contribution in [0.15, 0.2) is 71.8 Å². The maximum absolute atomic E-state index is 12.1. The number of halogens is 1. The summed E-state index contributed by atoms with van der Waals surface area (Å²) in [6.07, 6.45) is 1.85. The molecule has 3 amide bonds. The van der Waals surface area contributed by atoms with Gasteiger partial charge in [-0.1, -0.05) is 35.9 Å². The van der Waals surface area contributed by atoms with Crippen LogP contribution in [0.5, 0.6) is 17.2 Å². The van der Waals surface area contributed by atoms with Gasteiger partial charge >= 0.3 is 11.8 Å². The van der Waals surface area contributed by atoms with Crippen LogP contribution >= 0.6 is 11.6 Å². The summed E-state index contributed by atoms with van der Waals surface area (Å²) in [6, 6.07) is 18.9. The minimum absolute atomic E-state index is 0.215. The fourth-order valence-corrected chi connectivity index (χ4v) is 3.44. The van der Waals surface area contributed by atoms with Crippen LogP contribution in [0, 0.1) is 0 Å². The van der Waals surface area contributed by atoms with Crippen molar-refractivity contribution in [3.05, 3.63) is 82.9 Å². The number of hydrazone groups is 1. The van der Waals surface area contributed by atoms with Crippen molar-refractivity contribution in [1.29, 1.82) is 0 Å². The van der Waals surface area contributed by atoms with E-state index in [-0.39, 0.29) is 19.1 Å². The first kappa shape index (κ1) is 28.0. The minimum Gasteiger partial charge on any atom is -0.493 e. The summed E-state index contributed by atoms with van der Waals surface area (Å²) in [5.41, 5.74) is 4.24. The van der Waals surface area contributed by atoms with E-state index in [1.165, 1.54) is 6.21 Å². The minimum atomic E-state index is -0.904. The molecule has 3 aromatic rings. The third kappa shape index (κ3) is 8.82. The van der Waals surface area contributed by atoms with E-state index in [9.17, 15) is 14.4 Å². The number of ether oxygens (including phenoxy) is 3. The zero-order valence-electron chi connectivity index (χ0n) is 20.8. The van der Waals surface area contributed by atoms with Crippen molar-refractivity contribution in [3.63, 3.8) is 0 Å². The van der Waals surface area contributed by atoms with E-state index in [0.29, 0.717) is 39.9 Å². The maximum atomic E-state index is 12.1. The van der Waals surface area contributed by atoms with Gasteiger partial charge in [0.05, 0.1) is 20.4 Å². The Morgan fingerprint density at radius 1 is 0.921 bits per heavy atom. The number of hydrogen-bond donors (Lipinski definition) is 3. The van der Waals surface area contributed by atoms with E-state index >= 15 is 0 Å². The highest BCUT2D eigenvalue weighted by Gasteiger charge is 2.12. The fraction of sp³-hybridized carbons (Fsp3) is 0.185. The quantitative estimate of drug-likeness (QED) is 0.195. The van der Waals surface area contributed by atoms with Gasteiger partial charge in [-0.25, -0.2) is 5.43 Å². The number of carbonyl (C=O) groups excluding carboxylic acids is 3. The second kappa shape index (κ2) is 14.2. The zero-order valence-corrected chi connectivity index (χ0v) is 21.6. The third-order valence-corrected chi connectivity index (χ3v) is 5.30. The van der Waals surface area contributed by atoms with Gasteiger partial charge in [-0.2, -0.15) is 5.10 Å². The second-order valence-electron chi connectivity index (χ2n) is 7.81. The van der Waals surface area contributed by atoms with Gasteiger partial charge < -0.3 is 24.8 Å². The Hall–Kier alpha value is -4.57.